The number of ether oxygens (including phenoxy) is 1. The second kappa shape index (κ2) is 4.78. The summed E-state index contributed by atoms with van der Waals surface area (Å²) >= 11 is 0. The number of morpholine rings is 1. The summed E-state index contributed by atoms with van der Waals surface area (Å²) in [5.74, 6) is 0.835. The summed E-state index contributed by atoms with van der Waals surface area (Å²) in [4.78, 5) is 11.1. The Hall–Kier alpha value is -1.16. The molecule has 1 saturated heterocycles. The fourth-order valence-electron chi connectivity index (χ4n) is 2.08. The molecule has 0 N–H and O–H groups in total. The fourth-order valence-corrected chi connectivity index (χ4v) is 2.08. The highest BCUT2D eigenvalue weighted by Gasteiger charge is 2.23. The van der Waals surface area contributed by atoms with E-state index in [9.17, 15) is 0 Å². The van der Waals surface area contributed by atoms with Crippen molar-refractivity contribution in [1.82, 2.24) is 9.97 Å². The summed E-state index contributed by atoms with van der Waals surface area (Å²) in [5, 5.41) is 0. The van der Waals surface area contributed by atoms with E-state index in [4.69, 9.17) is 4.74 Å². The quantitative estimate of drug-likeness (QED) is 0.761. The van der Waals surface area contributed by atoms with Crippen molar-refractivity contribution in [3.05, 3.63) is 18.0 Å². The Morgan fingerprint density at radius 2 is 2.06 bits per heavy atom. The molecular formula is C12H19N3O. The van der Waals surface area contributed by atoms with Crippen LogP contribution in [0.15, 0.2) is 12.3 Å². The molecule has 1 aromatic heterocycles. The van der Waals surface area contributed by atoms with Gasteiger partial charge in [0.25, 0.3) is 0 Å². The average Bonchev–Trinajstić information content (AvgIpc) is 2.28. The van der Waals surface area contributed by atoms with Crippen LogP contribution in [-0.2, 0) is 11.2 Å². The third-order valence-electron chi connectivity index (χ3n) is 2.77. The standard InChI is InChI=1S/C12H19N3O/c1-4-11-5-6-13-12(14-11)15-7-9(2)16-10(3)8-15/h5-6,9-10H,4,7-8H2,1-3H3/t9-,10?/m1/s1. The number of hydrogen-bond donors (Lipinski definition) is 0. The fraction of sp³-hybridized carbons (Fsp3) is 0.667. The zero-order chi connectivity index (χ0) is 11.5. The molecular weight excluding hydrogens is 202 g/mol. The second-order valence-corrected chi connectivity index (χ2v) is 4.36. The summed E-state index contributed by atoms with van der Waals surface area (Å²) < 4.78 is 5.70. The highest BCUT2D eigenvalue weighted by molar-refractivity contribution is 5.31. The number of aromatic nitrogens is 2. The monoisotopic (exact) mass is 221 g/mol. The first kappa shape index (κ1) is 11.3. The molecule has 1 aliphatic rings. The minimum absolute atomic E-state index is 0.248. The van der Waals surface area contributed by atoms with Gasteiger partial charge in [0.1, 0.15) is 0 Å². The van der Waals surface area contributed by atoms with Crippen LogP contribution in [0.25, 0.3) is 0 Å². The van der Waals surface area contributed by atoms with Gasteiger partial charge in [0.05, 0.1) is 12.2 Å². The van der Waals surface area contributed by atoms with Gasteiger partial charge in [-0.1, -0.05) is 6.92 Å². The smallest absolute Gasteiger partial charge is 0.225 e. The molecule has 1 fully saturated rings. The number of rotatable bonds is 2. The van der Waals surface area contributed by atoms with E-state index in [-0.39, 0.29) is 12.2 Å². The van der Waals surface area contributed by atoms with Crippen LogP contribution < -0.4 is 4.90 Å². The summed E-state index contributed by atoms with van der Waals surface area (Å²) in [6.45, 7) is 8.03. The zero-order valence-electron chi connectivity index (χ0n) is 10.2. The summed E-state index contributed by atoms with van der Waals surface area (Å²) in [6.07, 6.45) is 3.28. The largest absolute Gasteiger partial charge is 0.372 e. The maximum atomic E-state index is 5.70. The van der Waals surface area contributed by atoms with Crippen molar-refractivity contribution in [3.8, 4) is 0 Å². The van der Waals surface area contributed by atoms with Crippen LogP contribution in [0, 0.1) is 0 Å². The van der Waals surface area contributed by atoms with Crippen LogP contribution in [0.5, 0.6) is 0 Å². The number of anilines is 1. The molecule has 0 aliphatic carbocycles. The molecule has 1 unspecified atom stereocenters. The highest BCUT2D eigenvalue weighted by Crippen LogP contribution is 2.16. The van der Waals surface area contributed by atoms with Crippen LogP contribution >= 0.6 is 0 Å². The molecule has 2 heterocycles. The van der Waals surface area contributed by atoms with Crippen molar-refractivity contribution in [3.63, 3.8) is 0 Å². The number of hydrogen-bond acceptors (Lipinski definition) is 4. The Balaban J connectivity index is 2.16. The minimum Gasteiger partial charge on any atom is -0.372 e. The van der Waals surface area contributed by atoms with Gasteiger partial charge >= 0.3 is 0 Å². The van der Waals surface area contributed by atoms with Gasteiger partial charge in [0.15, 0.2) is 0 Å². The van der Waals surface area contributed by atoms with Gasteiger partial charge in [-0.25, -0.2) is 9.97 Å². The van der Waals surface area contributed by atoms with Crippen molar-refractivity contribution in [2.24, 2.45) is 0 Å². The molecule has 2 atom stereocenters. The molecule has 0 spiro atoms. The summed E-state index contributed by atoms with van der Waals surface area (Å²) in [7, 11) is 0. The van der Waals surface area contributed by atoms with Crippen LogP contribution in [0.3, 0.4) is 0 Å². The van der Waals surface area contributed by atoms with Gasteiger partial charge in [0.2, 0.25) is 5.95 Å². The highest BCUT2D eigenvalue weighted by atomic mass is 16.5. The number of aryl methyl sites for hydroxylation is 1. The van der Waals surface area contributed by atoms with E-state index in [2.05, 4.69) is 35.6 Å². The van der Waals surface area contributed by atoms with E-state index >= 15 is 0 Å². The van der Waals surface area contributed by atoms with Gasteiger partial charge in [-0.05, 0) is 26.3 Å². The lowest BCUT2D eigenvalue weighted by atomic mass is 10.2. The molecule has 16 heavy (non-hydrogen) atoms. The maximum absolute atomic E-state index is 5.70. The first-order valence-corrected chi connectivity index (χ1v) is 5.91. The van der Waals surface area contributed by atoms with E-state index in [0.717, 1.165) is 31.2 Å². The minimum atomic E-state index is 0.248. The Kier molecular flexibility index (Phi) is 3.39. The average molecular weight is 221 g/mol. The molecule has 4 heteroatoms. The first-order chi connectivity index (χ1) is 7.69. The van der Waals surface area contributed by atoms with E-state index in [1.54, 1.807) is 0 Å². The third-order valence-corrected chi connectivity index (χ3v) is 2.77. The Morgan fingerprint density at radius 3 is 2.69 bits per heavy atom. The Morgan fingerprint density at radius 1 is 1.38 bits per heavy atom. The molecule has 2 rings (SSSR count). The van der Waals surface area contributed by atoms with Crippen LogP contribution in [-0.4, -0.2) is 35.3 Å². The normalized spacial score (nSPS) is 25.8. The van der Waals surface area contributed by atoms with Gasteiger partial charge in [-0.15, -0.1) is 0 Å². The molecule has 0 radical (unpaired) electrons. The SMILES string of the molecule is CCc1ccnc(N2CC(C)O[C@H](C)C2)n1. The van der Waals surface area contributed by atoms with Gasteiger partial charge < -0.3 is 9.64 Å². The maximum Gasteiger partial charge on any atom is 0.225 e. The van der Waals surface area contributed by atoms with Crippen molar-refractivity contribution in [2.75, 3.05) is 18.0 Å². The molecule has 0 bridgehead atoms. The van der Waals surface area contributed by atoms with E-state index < -0.39 is 0 Å². The van der Waals surface area contributed by atoms with Crippen LogP contribution in [0.2, 0.25) is 0 Å². The Bertz CT molecular complexity index is 346. The van der Waals surface area contributed by atoms with Crippen molar-refractivity contribution < 1.29 is 4.74 Å². The Labute approximate surface area is 96.7 Å². The molecule has 0 aromatic carbocycles. The lowest BCUT2D eigenvalue weighted by Gasteiger charge is -2.35. The van der Waals surface area contributed by atoms with E-state index in [0.29, 0.717) is 0 Å². The molecule has 88 valence electrons. The summed E-state index contributed by atoms with van der Waals surface area (Å²) in [5.41, 5.74) is 1.09. The number of nitrogens with zero attached hydrogens (tertiary/aromatic N) is 3. The molecule has 1 aliphatic heterocycles. The zero-order valence-corrected chi connectivity index (χ0v) is 10.2. The molecule has 0 saturated carbocycles. The summed E-state index contributed by atoms with van der Waals surface area (Å²) in [6, 6.07) is 1.97. The third kappa shape index (κ3) is 2.50. The molecule has 1 aromatic rings. The van der Waals surface area contributed by atoms with Crippen molar-refractivity contribution in [1.29, 1.82) is 0 Å². The molecule has 4 nitrogen and oxygen atoms in total. The van der Waals surface area contributed by atoms with Gasteiger partial charge in [-0.2, -0.15) is 0 Å². The van der Waals surface area contributed by atoms with E-state index in [1.807, 2.05) is 12.3 Å². The lowest BCUT2D eigenvalue weighted by Crippen LogP contribution is -2.46. The van der Waals surface area contributed by atoms with Gasteiger partial charge in [-0.3, -0.25) is 0 Å². The van der Waals surface area contributed by atoms with E-state index in [1.165, 1.54) is 0 Å². The predicted octanol–water partition coefficient (Wildman–Crippen LogP) is 1.65. The lowest BCUT2D eigenvalue weighted by molar-refractivity contribution is -0.00573. The molecule has 0 amide bonds. The second-order valence-electron chi connectivity index (χ2n) is 4.36. The predicted molar refractivity (Wildman–Crippen MR) is 63.6 cm³/mol. The first-order valence-electron chi connectivity index (χ1n) is 5.91. The van der Waals surface area contributed by atoms with Crippen molar-refractivity contribution >= 4 is 5.95 Å². The van der Waals surface area contributed by atoms with Crippen LogP contribution in [0.4, 0.5) is 5.95 Å². The van der Waals surface area contributed by atoms with Crippen molar-refractivity contribution in [2.45, 2.75) is 39.4 Å². The van der Waals surface area contributed by atoms with Gasteiger partial charge in [0, 0.05) is 25.0 Å². The topological polar surface area (TPSA) is 38.2 Å². The van der Waals surface area contributed by atoms with Crippen LogP contribution in [0.1, 0.15) is 26.5 Å².